The van der Waals surface area contributed by atoms with E-state index in [9.17, 15) is 4.79 Å². The van der Waals surface area contributed by atoms with Crippen molar-refractivity contribution >= 4 is 6.03 Å². The molecular formula is C18H20N6O. The number of aromatic nitrogens is 4. The highest BCUT2D eigenvalue weighted by Crippen LogP contribution is 2.13. The molecule has 2 N–H and O–H groups in total. The maximum atomic E-state index is 12.0. The van der Waals surface area contributed by atoms with Crippen LogP contribution in [0.1, 0.15) is 22.5 Å². The van der Waals surface area contributed by atoms with Crippen LogP contribution >= 0.6 is 0 Å². The van der Waals surface area contributed by atoms with Gasteiger partial charge < -0.3 is 10.6 Å². The molecule has 1 aromatic heterocycles. The van der Waals surface area contributed by atoms with Crippen LogP contribution < -0.4 is 10.6 Å². The molecule has 7 heteroatoms. The summed E-state index contributed by atoms with van der Waals surface area (Å²) in [4.78, 5) is 12.0. The third-order valence-electron chi connectivity index (χ3n) is 3.97. The molecule has 2 amide bonds. The summed E-state index contributed by atoms with van der Waals surface area (Å²) >= 11 is 0. The summed E-state index contributed by atoms with van der Waals surface area (Å²) in [6, 6.07) is 15.5. The number of tetrazole rings is 1. The first-order valence-corrected chi connectivity index (χ1v) is 8.04. The Morgan fingerprint density at radius 3 is 2.52 bits per heavy atom. The van der Waals surface area contributed by atoms with Crippen molar-refractivity contribution in [2.45, 2.75) is 26.9 Å². The average Bonchev–Trinajstić information content (AvgIpc) is 3.10. The fraction of sp³-hybridized carbons (Fsp3) is 0.222. The van der Waals surface area contributed by atoms with Crippen LogP contribution in [0.5, 0.6) is 0 Å². The zero-order chi connectivity index (χ0) is 17.6. The molecule has 128 valence electrons. The van der Waals surface area contributed by atoms with Gasteiger partial charge in [0, 0.05) is 6.54 Å². The van der Waals surface area contributed by atoms with E-state index in [1.54, 1.807) is 4.68 Å². The molecule has 0 atom stereocenters. The first-order chi connectivity index (χ1) is 12.1. The van der Waals surface area contributed by atoms with Crippen LogP contribution in [-0.2, 0) is 13.1 Å². The Morgan fingerprint density at radius 1 is 1.00 bits per heavy atom. The molecule has 3 aromatic rings. The lowest BCUT2D eigenvalue weighted by molar-refractivity contribution is 0.240. The number of nitrogens with zero attached hydrogens (tertiary/aromatic N) is 4. The number of urea groups is 1. The number of benzene rings is 2. The van der Waals surface area contributed by atoms with Crippen molar-refractivity contribution in [3.8, 4) is 5.69 Å². The lowest BCUT2D eigenvalue weighted by atomic mass is 10.1. The van der Waals surface area contributed by atoms with E-state index in [0.717, 1.165) is 16.8 Å². The molecule has 0 saturated heterocycles. The van der Waals surface area contributed by atoms with Crippen molar-refractivity contribution in [2.24, 2.45) is 0 Å². The van der Waals surface area contributed by atoms with Crippen LogP contribution in [0.2, 0.25) is 0 Å². The third-order valence-corrected chi connectivity index (χ3v) is 3.97. The molecule has 7 nitrogen and oxygen atoms in total. The summed E-state index contributed by atoms with van der Waals surface area (Å²) in [6.07, 6.45) is 0. The predicted molar refractivity (Wildman–Crippen MR) is 94.1 cm³/mol. The molecule has 3 rings (SSSR count). The van der Waals surface area contributed by atoms with Gasteiger partial charge in [0.05, 0.1) is 12.2 Å². The van der Waals surface area contributed by atoms with Crippen LogP contribution in [0, 0.1) is 13.8 Å². The Labute approximate surface area is 146 Å². The van der Waals surface area contributed by atoms with E-state index in [1.807, 2.05) is 55.5 Å². The fourth-order valence-corrected chi connectivity index (χ4v) is 2.37. The predicted octanol–water partition coefficient (Wildman–Crippen LogP) is 2.28. The molecule has 0 unspecified atom stereocenters. The topological polar surface area (TPSA) is 84.7 Å². The van der Waals surface area contributed by atoms with Crippen molar-refractivity contribution < 1.29 is 4.79 Å². The molecule has 0 spiro atoms. The maximum Gasteiger partial charge on any atom is 0.315 e. The number of carbonyl (C=O) groups excluding carboxylic acids is 1. The van der Waals surface area contributed by atoms with Crippen LogP contribution in [0.15, 0.2) is 48.5 Å². The molecule has 0 aliphatic carbocycles. The maximum absolute atomic E-state index is 12.0. The van der Waals surface area contributed by atoms with Crippen molar-refractivity contribution in [1.29, 1.82) is 0 Å². The number of rotatable bonds is 5. The van der Waals surface area contributed by atoms with Gasteiger partial charge in [-0.2, -0.15) is 4.68 Å². The van der Waals surface area contributed by atoms with Crippen molar-refractivity contribution in [3.63, 3.8) is 0 Å². The fourth-order valence-electron chi connectivity index (χ4n) is 2.37. The number of carbonyl (C=O) groups is 1. The van der Waals surface area contributed by atoms with E-state index in [4.69, 9.17) is 0 Å². The Balaban J connectivity index is 1.59. The Hall–Kier alpha value is -3.22. The first-order valence-electron chi connectivity index (χ1n) is 8.04. The monoisotopic (exact) mass is 336 g/mol. The molecule has 0 aliphatic rings. The van der Waals surface area contributed by atoms with E-state index in [0.29, 0.717) is 12.4 Å². The Bertz CT molecular complexity index is 859. The number of nitrogens with one attached hydrogen (secondary N) is 2. The van der Waals surface area contributed by atoms with E-state index in [-0.39, 0.29) is 12.6 Å². The van der Waals surface area contributed by atoms with E-state index in [1.165, 1.54) is 5.56 Å². The Morgan fingerprint density at radius 2 is 1.76 bits per heavy atom. The van der Waals surface area contributed by atoms with Crippen LogP contribution in [-0.4, -0.2) is 26.2 Å². The summed E-state index contributed by atoms with van der Waals surface area (Å²) in [5.74, 6) is 0.568. The summed E-state index contributed by atoms with van der Waals surface area (Å²) in [5.41, 5.74) is 4.27. The second-order valence-corrected chi connectivity index (χ2v) is 5.80. The molecule has 0 bridgehead atoms. The van der Waals surface area contributed by atoms with E-state index < -0.39 is 0 Å². The van der Waals surface area contributed by atoms with Crippen molar-refractivity contribution in [1.82, 2.24) is 30.8 Å². The van der Waals surface area contributed by atoms with Crippen LogP contribution in [0.25, 0.3) is 5.69 Å². The number of aryl methyl sites for hydroxylation is 2. The lowest BCUT2D eigenvalue weighted by Crippen LogP contribution is -2.35. The highest BCUT2D eigenvalue weighted by Gasteiger charge is 2.10. The highest BCUT2D eigenvalue weighted by molar-refractivity contribution is 5.73. The van der Waals surface area contributed by atoms with Crippen LogP contribution in [0.3, 0.4) is 0 Å². The zero-order valence-corrected chi connectivity index (χ0v) is 14.2. The van der Waals surface area contributed by atoms with E-state index in [2.05, 4.69) is 33.1 Å². The van der Waals surface area contributed by atoms with Crippen molar-refractivity contribution in [2.75, 3.05) is 0 Å². The SMILES string of the molecule is Cc1ccc(-n2nnnc2CNC(=O)NCc2ccccc2)cc1C. The van der Waals surface area contributed by atoms with Gasteiger partial charge in [0.25, 0.3) is 0 Å². The summed E-state index contributed by atoms with van der Waals surface area (Å²) in [5, 5.41) is 17.3. The molecule has 2 aromatic carbocycles. The van der Waals surface area contributed by atoms with Gasteiger partial charge in [-0.1, -0.05) is 36.4 Å². The second kappa shape index (κ2) is 7.57. The van der Waals surface area contributed by atoms with Gasteiger partial charge >= 0.3 is 6.03 Å². The van der Waals surface area contributed by atoms with Gasteiger partial charge in [-0.25, -0.2) is 4.79 Å². The minimum atomic E-state index is -0.265. The summed E-state index contributed by atoms with van der Waals surface area (Å²) in [7, 11) is 0. The summed E-state index contributed by atoms with van der Waals surface area (Å²) < 4.78 is 1.63. The molecule has 25 heavy (non-hydrogen) atoms. The summed E-state index contributed by atoms with van der Waals surface area (Å²) in [6.45, 7) is 4.80. The third kappa shape index (κ3) is 4.20. The largest absolute Gasteiger partial charge is 0.334 e. The minimum Gasteiger partial charge on any atom is -0.334 e. The Kier molecular flexibility index (Phi) is 5.03. The molecule has 0 radical (unpaired) electrons. The molecule has 0 fully saturated rings. The zero-order valence-electron chi connectivity index (χ0n) is 14.2. The minimum absolute atomic E-state index is 0.237. The quantitative estimate of drug-likeness (QED) is 0.748. The molecule has 0 saturated carbocycles. The van der Waals surface area contributed by atoms with E-state index >= 15 is 0 Å². The first kappa shape index (κ1) is 16.6. The van der Waals surface area contributed by atoms with Crippen molar-refractivity contribution in [3.05, 3.63) is 71.0 Å². The highest BCUT2D eigenvalue weighted by atomic mass is 16.2. The number of amides is 2. The van der Waals surface area contributed by atoms with Gasteiger partial charge in [-0.15, -0.1) is 5.10 Å². The van der Waals surface area contributed by atoms with Gasteiger partial charge in [-0.3, -0.25) is 0 Å². The standard InChI is InChI=1S/C18H20N6O/c1-13-8-9-16(10-14(13)2)24-17(21-22-23-24)12-20-18(25)19-11-15-6-4-3-5-7-15/h3-10H,11-12H2,1-2H3,(H2,19,20,25). The second-order valence-electron chi connectivity index (χ2n) is 5.80. The van der Waals surface area contributed by atoms with Gasteiger partial charge in [0.15, 0.2) is 5.82 Å². The molecular weight excluding hydrogens is 316 g/mol. The van der Waals surface area contributed by atoms with Gasteiger partial charge in [0.1, 0.15) is 0 Å². The normalized spacial score (nSPS) is 10.5. The molecule has 1 heterocycles. The van der Waals surface area contributed by atoms with Crippen LogP contribution in [0.4, 0.5) is 4.79 Å². The smallest absolute Gasteiger partial charge is 0.315 e. The lowest BCUT2D eigenvalue weighted by Gasteiger charge is -2.09. The molecule has 0 aliphatic heterocycles. The average molecular weight is 336 g/mol. The van der Waals surface area contributed by atoms with Gasteiger partial charge in [-0.05, 0) is 53.1 Å². The number of hydrogen-bond donors (Lipinski definition) is 2. The van der Waals surface area contributed by atoms with Gasteiger partial charge in [0.2, 0.25) is 0 Å². The number of hydrogen-bond acceptors (Lipinski definition) is 4.